The van der Waals surface area contributed by atoms with Crippen LogP contribution < -0.4 is 14.4 Å². The number of anilines is 1. The van der Waals surface area contributed by atoms with Gasteiger partial charge in [0.05, 0.1) is 25.7 Å². The Morgan fingerprint density at radius 3 is 2.43 bits per heavy atom. The summed E-state index contributed by atoms with van der Waals surface area (Å²) < 4.78 is 40.3. The minimum atomic E-state index is -4.04. The number of hydrogen-bond donors (Lipinski definition) is 0. The molecule has 4 rings (SSSR count). The first-order valence-corrected chi connectivity index (χ1v) is 13.3. The van der Waals surface area contributed by atoms with E-state index < -0.39 is 10.0 Å². The number of sulfonamides is 1. The molecule has 0 unspecified atom stereocenters. The molecule has 0 bridgehead atoms. The molecule has 1 heterocycles. The molecule has 0 aliphatic carbocycles. The number of halogens is 1. The van der Waals surface area contributed by atoms with Crippen LogP contribution in [0, 0.1) is 0 Å². The number of fused-ring (bicyclic) bond motifs is 1. The monoisotopic (exact) mass is 558 g/mol. The molecular weight excluding hydrogens is 532 g/mol. The third-order valence-electron chi connectivity index (χ3n) is 6.03. The Labute approximate surface area is 214 Å². The summed E-state index contributed by atoms with van der Waals surface area (Å²) >= 11 is 3.48. The number of benzene rings is 3. The standard InChI is InChI=1S/C26H27BrN2O5S/c1-18-13-20-14-21(27)9-11-23(20)29(18)26(30)17-28(16-19-7-5-4-6-8-19)35(31,32)22-10-12-24(33-2)25(15-22)34-3/h4-12,14-15,18H,13,16-17H2,1-3H3/t18-/m1/s1. The van der Waals surface area contributed by atoms with Gasteiger partial charge in [-0.3, -0.25) is 4.79 Å². The van der Waals surface area contributed by atoms with Gasteiger partial charge in [-0.2, -0.15) is 4.31 Å². The fourth-order valence-electron chi connectivity index (χ4n) is 4.35. The molecule has 0 N–H and O–H groups in total. The maximum Gasteiger partial charge on any atom is 0.243 e. The Kier molecular flexibility index (Phi) is 7.49. The summed E-state index contributed by atoms with van der Waals surface area (Å²) in [6, 6.07) is 19.4. The van der Waals surface area contributed by atoms with E-state index in [1.165, 1.54) is 30.7 Å². The lowest BCUT2D eigenvalue weighted by molar-refractivity contribution is -0.119. The molecule has 1 atom stereocenters. The largest absolute Gasteiger partial charge is 0.493 e. The van der Waals surface area contributed by atoms with Crippen molar-refractivity contribution < 1.29 is 22.7 Å². The van der Waals surface area contributed by atoms with Gasteiger partial charge in [0.25, 0.3) is 0 Å². The number of carbonyl (C=O) groups excluding carboxylic acids is 1. The van der Waals surface area contributed by atoms with Gasteiger partial charge in [0.15, 0.2) is 11.5 Å². The molecule has 1 amide bonds. The predicted octanol–water partition coefficient (Wildman–Crippen LogP) is 4.64. The maximum absolute atomic E-state index is 13.8. The van der Waals surface area contributed by atoms with Crippen molar-refractivity contribution >= 4 is 37.5 Å². The van der Waals surface area contributed by atoms with Crippen LogP contribution in [0.4, 0.5) is 5.69 Å². The Bertz CT molecular complexity index is 1330. The number of rotatable bonds is 8. The smallest absolute Gasteiger partial charge is 0.243 e. The summed E-state index contributed by atoms with van der Waals surface area (Å²) in [7, 11) is -1.11. The normalized spacial score (nSPS) is 15.2. The topological polar surface area (TPSA) is 76.2 Å². The molecule has 0 radical (unpaired) electrons. The average Bonchev–Trinajstić information content (AvgIpc) is 3.18. The summed E-state index contributed by atoms with van der Waals surface area (Å²) in [6.45, 7) is 1.72. The van der Waals surface area contributed by atoms with Crippen molar-refractivity contribution in [3.8, 4) is 11.5 Å². The molecular formula is C26H27BrN2O5S. The second-order valence-electron chi connectivity index (χ2n) is 8.37. The highest BCUT2D eigenvalue weighted by atomic mass is 79.9. The maximum atomic E-state index is 13.8. The van der Waals surface area contributed by atoms with E-state index in [1.807, 2.05) is 55.5 Å². The number of amides is 1. The van der Waals surface area contributed by atoms with Gasteiger partial charge >= 0.3 is 0 Å². The molecule has 3 aromatic carbocycles. The number of hydrogen-bond acceptors (Lipinski definition) is 5. The summed E-state index contributed by atoms with van der Waals surface area (Å²) in [5, 5.41) is 0. The van der Waals surface area contributed by atoms with E-state index >= 15 is 0 Å². The highest BCUT2D eigenvalue weighted by Crippen LogP contribution is 2.35. The van der Waals surface area contributed by atoms with E-state index in [4.69, 9.17) is 9.47 Å². The van der Waals surface area contributed by atoms with Crippen molar-refractivity contribution in [3.05, 3.63) is 82.3 Å². The van der Waals surface area contributed by atoms with Crippen LogP contribution in [0.5, 0.6) is 11.5 Å². The van der Waals surface area contributed by atoms with E-state index in [1.54, 1.807) is 11.0 Å². The van der Waals surface area contributed by atoms with Crippen LogP contribution in [0.15, 0.2) is 76.1 Å². The molecule has 7 nitrogen and oxygen atoms in total. The van der Waals surface area contributed by atoms with Crippen LogP contribution in [0.1, 0.15) is 18.1 Å². The molecule has 1 aliphatic rings. The summed E-state index contributed by atoms with van der Waals surface area (Å²) in [5.41, 5.74) is 2.65. The Morgan fingerprint density at radius 2 is 1.74 bits per heavy atom. The zero-order valence-electron chi connectivity index (χ0n) is 19.8. The number of methoxy groups -OCH3 is 2. The van der Waals surface area contributed by atoms with Crippen molar-refractivity contribution in [2.45, 2.75) is 30.8 Å². The molecule has 0 saturated carbocycles. The molecule has 0 aromatic heterocycles. The second-order valence-corrected chi connectivity index (χ2v) is 11.2. The molecule has 9 heteroatoms. The van der Waals surface area contributed by atoms with Gasteiger partial charge in [-0.1, -0.05) is 46.3 Å². The number of carbonyl (C=O) groups is 1. The zero-order valence-corrected chi connectivity index (χ0v) is 22.2. The van der Waals surface area contributed by atoms with Crippen molar-refractivity contribution in [2.24, 2.45) is 0 Å². The first kappa shape index (κ1) is 25.2. The lowest BCUT2D eigenvalue weighted by Crippen LogP contribution is -2.44. The molecule has 184 valence electrons. The fraction of sp³-hybridized carbons (Fsp3) is 0.269. The van der Waals surface area contributed by atoms with Crippen molar-refractivity contribution in [1.29, 1.82) is 0 Å². The van der Waals surface area contributed by atoms with Crippen LogP contribution in [0.3, 0.4) is 0 Å². The Balaban J connectivity index is 1.69. The third kappa shape index (κ3) is 5.22. The lowest BCUT2D eigenvalue weighted by atomic mass is 10.1. The molecule has 0 spiro atoms. The molecule has 0 fully saturated rings. The summed E-state index contributed by atoms with van der Waals surface area (Å²) in [6.07, 6.45) is 0.710. The van der Waals surface area contributed by atoms with Crippen molar-refractivity contribution in [2.75, 3.05) is 25.7 Å². The van der Waals surface area contributed by atoms with Gasteiger partial charge < -0.3 is 14.4 Å². The van der Waals surface area contributed by atoms with E-state index in [0.29, 0.717) is 17.9 Å². The zero-order chi connectivity index (χ0) is 25.2. The van der Waals surface area contributed by atoms with Gasteiger partial charge in [-0.25, -0.2) is 8.42 Å². The van der Waals surface area contributed by atoms with Gasteiger partial charge in [0.2, 0.25) is 15.9 Å². The van der Waals surface area contributed by atoms with E-state index in [9.17, 15) is 13.2 Å². The molecule has 1 aliphatic heterocycles. The average molecular weight is 559 g/mol. The minimum absolute atomic E-state index is 0.0256. The quantitative estimate of drug-likeness (QED) is 0.402. The first-order chi connectivity index (χ1) is 16.7. The molecule has 0 saturated heterocycles. The molecule has 35 heavy (non-hydrogen) atoms. The summed E-state index contributed by atoms with van der Waals surface area (Å²) in [5.74, 6) is 0.441. The van der Waals surface area contributed by atoms with Crippen LogP contribution in [0.25, 0.3) is 0 Å². The second kappa shape index (κ2) is 10.4. The highest BCUT2D eigenvalue weighted by Gasteiger charge is 2.35. The van der Waals surface area contributed by atoms with Gasteiger partial charge in [-0.15, -0.1) is 0 Å². The van der Waals surface area contributed by atoms with Gasteiger partial charge in [-0.05, 0) is 54.8 Å². The SMILES string of the molecule is COc1ccc(S(=O)(=O)N(CC(=O)N2c3ccc(Br)cc3C[C@H]2C)Cc2ccccc2)cc1OC. The van der Waals surface area contributed by atoms with Crippen LogP contribution in [-0.2, 0) is 27.8 Å². The summed E-state index contributed by atoms with van der Waals surface area (Å²) in [4.78, 5) is 15.3. The molecule has 3 aromatic rings. The number of nitrogens with zero attached hydrogens (tertiary/aromatic N) is 2. The van der Waals surface area contributed by atoms with E-state index in [2.05, 4.69) is 15.9 Å². The van der Waals surface area contributed by atoms with Crippen molar-refractivity contribution in [3.63, 3.8) is 0 Å². The Hall–Kier alpha value is -2.88. The van der Waals surface area contributed by atoms with Gasteiger partial charge in [0.1, 0.15) is 0 Å². The minimum Gasteiger partial charge on any atom is -0.493 e. The predicted molar refractivity (Wildman–Crippen MR) is 138 cm³/mol. The lowest BCUT2D eigenvalue weighted by Gasteiger charge is -2.28. The van der Waals surface area contributed by atoms with Gasteiger partial charge in [0, 0.05) is 28.8 Å². The van der Waals surface area contributed by atoms with Crippen LogP contribution in [-0.4, -0.2) is 45.4 Å². The Morgan fingerprint density at radius 1 is 1.03 bits per heavy atom. The highest BCUT2D eigenvalue weighted by molar-refractivity contribution is 9.10. The first-order valence-electron chi connectivity index (χ1n) is 11.1. The third-order valence-corrected chi connectivity index (χ3v) is 8.31. The van der Waals surface area contributed by atoms with Crippen LogP contribution >= 0.6 is 15.9 Å². The van der Waals surface area contributed by atoms with Crippen molar-refractivity contribution in [1.82, 2.24) is 4.31 Å². The van der Waals surface area contributed by atoms with E-state index in [-0.39, 0.29) is 29.9 Å². The number of ether oxygens (including phenoxy) is 2. The fourth-order valence-corrected chi connectivity index (χ4v) is 6.15. The van der Waals surface area contributed by atoms with Crippen LogP contribution in [0.2, 0.25) is 0 Å². The van der Waals surface area contributed by atoms with E-state index in [0.717, 1.165) is 21.3 Å².